The maximum atomic E-state index is 5.57. The largest absolute Gasteiger partial charge is 0.393 e. The van der Waals surface area contributed by atoms with Gasteiger partial charge >= 0.3 is 0 Å². The van der Waals surface area contributed by atoms with Crippen molar-refractivity contribution in [3.05, 3.63) is 24.8 Å². The minimum Gasteiger partial charge on any atom is -0.393 e. The fraction of sp³-hybridized carbons (Fsp3) is 0.727. The van der Waals surface area contributed by atoms with Crippen molar-refractivity contribution in [2.75, 3.05) is 27.2 Å². The molecule has 8 heteroatoms. The molecule has 0 rings (SSSR count). The van der Waals surface area contributed by atoms with Crippen LogP contribution in [0.5, 0.6) is 0 Å². The first-order valence-electron chi connectivity index (χ1n) is 11.4. The van der Waals surface area contributed by atoms with Crippen molar-refractivity contribution in [1.82, 2.24) is 21.3 Å². The Labute approximate surface area is 185 Å². The van der Waals surface area contributed by atoms with Crippen LogP contribution in [0.1, 0.15) is 78.1 Å². The SMILES string of the molecule is CCCCCCCN=C(N)NC(N)=NC.CCCCCCCNC=CNC=CNC. The van der Waals surface area contributed by atoms with E-state index in [1.165, 1.54) is 57.8 Å². The van der Waals surface area contributed by atoms with Gasteiger partial charge in [0.05, 0.1) is 0 Å². The minimum atomic E-state index is 0.294. The normalized spacial score (nSPS) is 12.0. The van der Waals surface area contributed by atoms with Crippen LogP contribution in [-0.4, -0.2) is 39.1 Å². The van der Waals surface area contributed by atoms with E-state index in [4.69, 9.17) is 11.5 Å². The number of hydrogen-bond acceptors (Lipinski definition) is 5. The molecule has 0 atom stereocenters. The quantitative estimate of drug-likeness (QED) is 0.128. The number of guanidine groups is 2. The Bertz CT molecular complexity index is 458. The molecule has 0 saturated carbocycles. The topological polar surface area (TPSA) is 125 Å². The summed E-state index contributed by atoms with van der Waals surface area (Å²) >= 11 is 0. The Balaban J connectivity index is 0. The Morgan fingerprint density at radius 3 is 1.97 bits per heavy atom. The van der Waals surface area contributed by atoms with Crippen molar-refractivity contribution in [3.8, 4) is 0 Å². The molecule has 0 bridgehead atoms. The van der Waals surface area contributed by atoms with E-state index in [1.54, 1.807) is 7.05 Å². The summed E-state index contributed by atoms with van der Waals surface area (Å²) in [6.07, 6.45) is 20.3. The molecule has 30 heavy (non-hydrogen) atoms. The molecule has 0 amide bonds. The molecule has 0 spiro atoms. The van der Waals surface area contributed by atoms with Gasteiger partial charge < -0.3 is 27.4 Å². The lowest BCUT2D eigenvalue weighted by Gasteiger charge is -2.03. The second kappa shape index (κ2) is 26.6. The van der Waals surface area contributed by atoms with Crippen LogP contribution in [0.15, 0.2) is 34.8 Å². The molecule has 0 heterocycles. The summed E-state index contributed by atoms with van der Waals surface area (Å²) in [5.41, 5.74) is 11.0. The highest BCUT2D eigenvalue weighted by atomic mass is 15.2. The summed E-state index contributed by atoms with van der Waals surface area (Å²) in [5, 5.41) is 11.8. The van der Waals surface area contributed by atoms with Crippen molar-refractivity contribution in [3.63, 3.8) is 0 Å². The Morgan fingerprint density at radius 2 is 1.37 bits per heavy atom. The standard InChI is InChI=1S/C12H25N3.C10H23N5/c1-3-4-5-6-7-8-14-11-12-15-10-9-13-2;1-3-4-5-6-7-8-14-10(12)15-9(11)13-2/h9-15H,3-8H2,1-2H3;3-8H2,1-2H3,(H5,11,12,13,14,15). The Hall–Kier alpha value is -2.38. The lowest BCUT2D eigenvalue weighted by atomic mass is 10.1. The molecular formula is C22H48N8. The number of nitrogens with one attached hydrogen (secondary N) is 4. The van der Waals surface area contributed by atoms with E-state index in [0.29, 0.717) is 11.9 Å². The molecule has 0 fully saturated rings. The van der Waals surface area contributed by atoms with Gasteiger partial charge in [0.1, 0.15) is 0 Å². The van der Waals surface area contributed by atoms with Gasteiger partial charge in [-0.05, 0) is 12.8 Å². The van der Waals surface area contributed by atoms with Crippen molar-refractivity contribution in [2.24, 2.45) is 21.5 Å². The number of aliphatic imine (C=N–C) groups is 2. The first-order chi connectivity index (χ1) is 14.6. The summed E-state index contributed by atoms with van der Waals surface area (Å²) < 4.78 is 0. The van der Waals surface area contributed by atoms with Gasteiger partial charge in [0.15, 0.2) is 11.9 Å². The Kier molecular flexibility index (Phi) is 26.5. The van der Waals surface area contributed by atoms with Gasteiger partial charge in [-0.3, -0.25) is 15.3 Å². The van der Waals surface area contributed by atoms with Gasteiger partial charge in [-0.2, -0.15) is 0 Å². The van der Waals surface area contributed by atoms with E-state index < -0.39 is 0 Å². The van der Waals surface area contributed by atoms with Gasteiger partial charge in [-0.25, -0.2) is 0 Å². The van der Waals surface area contributed by atoms with E-state index >= 15 is 0 Å². The average Bonchev–Trinajstić information content (AvgIpc) is 2.75. The number of hydrogen-bond donors (Lipinski definition) is 6. The zero-order valence-corrected chi connectivity index (χ0v) is 19.8. The summed E-state index contributed by atoms with van der Waals surface area (Å²) in [6.45, 7) is 6.26. The van der Waals surface area contributed by atoms with Gasteiger partial charge in [0, 0.05) is 52.0 Å². The van der Waals surface area contributed by atoms with E-state index in [9.17, 15) is 0 Å². The van der Waals surface area contributed by atoms with Crippen molar-refractivity contribution < 1.29 is 0 Å². The molecule has 0 aliphatic heterocycles. The second-order valence-corrected chi connectivity index (χ2v) is 6.91. The summed E-state index contributed by atoms with van der Waals surface area (Å²) in [6, 6.07) is 0. The van der Waals surface area contributed by atoms with E-state index in [1.807, 2.05) is 31.8 Å². The molecule has 176 valence electrons. The molecule has 0 aliphatic rings. The highest BCUT2D eigenvalue weighted by molar-refractivity contribution is 5.96. The predicted octanol–water partition coefficient (Wildman–Crippen LogP) is 3.10. The lowest BCUT2D eigenvalue weighted by molar-refractivity contribution is 0.618. The van der Waals surface area contributed by atoms with Crippen LogP contribution in [0.2, 0.25) is 0 Å². The lowest BCUT2D eigenvalue weighted by Crippen LogP contribution is -2.41. The first kappa shape index (κ1) is 29.8. The number of unbranched alkanes of at least 4 members (excludes halogenated alkanes) is 8. The fourth-order valence-corrected chi connectivity index (χ4v) is 2.35. The number of nitrogens with two attached hydrogens (primary N) is 2. The highest BCUT2D eigenvalue weighted by Crippen LogP contribution is 2.02. The molecule has 0 aliphatic carbocycles. The fourth-order valence-electron chi connectivity index (χ4n) is 2.35. The van der Waals surface area contributed by atoms with E-state index in [0.717, 1.165) is 19.5 Å². The monoisotopic (exact) mass is 424 g/mol. The highest BCUT2D eigenvalue weighted by Gasteiger charge is 1.93. The van der Waals surface area contributed by atoms with Gasteiger partial charge in [0.25, 0.3) is 0 Å². The van der Waals surface area contributed by atoms with Crippen LogP contribution < -0.4 is 32.7 Å². The zero-order chi connectivity index (χ0) is 22.7. The van der Waals surface area contributed by atoms with Gasteiger partial charge in [0.2, 0.25) is 0 Å². The molecule has 0 saturated heterocycles. The Morgan fingerprint density at radius 1 is 0.767 bits per heavy atom. The summed E-state index contributed by atoms with van der Waals surface area (Å²) in [4.78, 5) is 7.85. The molecule has 8 nitrogen and oxygen atoms in total. The van der Waals surface area contributed by atoms with Crippen molar-refractivity contribution in [2.45, 2.75) is 78.1 Å². The summed E-state index contributed by atoms with van der Waals surface area (Å²) in [7, 11) is 3.47. The third-order valence-electron chi connectivity index (χ3n) is 4.11. The maximum Gasteiger partial charge on any atom is 0.195 e. The van der Waals surface area contributed by atoms with Crippen LogP contribution >= 0.6 is 0 Å². The molecule has 0 unspecified atom stereocenters. The molecule has 0 radical (unpaired) electrons. The van der Waals surface area contributed by atoms with Gasteiger partial charge in [-0.1, -0.05) is 65.2 Å². The summed E-state index contributed by atoms with van der Waals surface area (Å²) in [5.74, 6) is 0.635. The smallest absolute Gasteiger partial charge is 0.195 e. The van der Waals surface area contributed by atoms with Crippen LogP contribution in [0, 0.1) is 0 Å². The average molecular weight is 425 g/mol. The first-order valence-corrected chi connectivity index (χ1v) is 11.4. The van der Waals surface area contributed by atoms with E-state index in [-0.39, 0.29) is 0 Å². The molecule has 8 N–H and O–H groups in total. The van der Waals surface area contributed by atoms with Crippen molar-refractivity contribution in [1.29, 1.82) is 0 Å². The molecule has 0 aromatic heterocycles. The number of rotatable bonds is 16. The van der Waals surface area contributed by atoms with Crippen LogP contribution in [0.25, 0.3) is 0 Å². The zero-order valence-electron chi connectivity index (χ0n) is 19.8. The third kappa shape index (κ3) is 27.8. The minimum absolute atomic E-state index is 0.294. The molecule has 0 aromatic carbocycles. The van der Waals surface area contributed by atoms with E-state index in [2.05, 4.69) is 45.1 Å². The van der Waals surface area contributed by atoms with Crippen molar-refractivity contribution >= 4 is 11.9 Å². The van der Waals surface area contributed by atoms with Gasteiger partial charge in [-0.15, -0.1) is 0 Å². The third-order valence-corrected chi connectivity index (χ3v) is 4.11. The maximum absolute atomic E-state index is 5.57. The second-order valence-electron chi connectivity index (χ2n) is 6.91. The molecule has 0 aromatic rings. The molecular weight excluding hydrogens is 376 g/mol. The number of nitrogens with zero attached hydrogens (tertiary/aromatic N) is 2. The van der Waals surface area contributed by atoms with Crippen LogP contribution in [0.3, 0.4) is 0 Å². The van der Waals surface area contributed by atoms with Crippen LogP contribution in [0.4, 0.5) is 0 Å². The van der Waals surface area contributed by atoms with Crippen LogP contribution in [-0.2, 0) is 0 Å². The predicted molar refractivity (Wildman–Crippen MR) is 133 cm³/mol.